The molecule has 2 heterocycles. The lowest BCUT2D eigenvalue weighted by molar-refractivity contribution is 0.107. The third-order valence-electron chi connectivity index (χ3n) is 2.60. The van der Waals surface area contributed by atoms with Gasteiger partial charge in [-0.25, -0.2) is 9.97 Å². The zero-order valence-corrected chi connectivity index (χ0v) is 13.0. The van der Waals surface area contributed by atoms with Gasteiger partial charge < -0.3 is 4.74 Å². The van der Waals surface area contributed by atoms with E-state index in [1.165, 1.54) is 5.56 Å². The largest absolute Gasteiger partial charge is 0.370 e. The molecule has 1 aromatic carbocycles. The molecule has 0 amide bonds. The minimum atomic E-state index is 0.534. The van der Waals surface area contributed by atoms with Gasteiger partial charge in [0, 0.05) is 9.77 Å². The summed E-state index contributed by atoms with van der Waals surface area (Å²) in [5.41, 5.74) is 2.13. The van der Waals surface area contributed by atoms with E-state index in [0.717, 1.165) is 18.9 Å². The predicted octanol–water partition coefficient (Wildman–Crippen LogP) is 4.01. The van der Waals surface area contributed by atoms with Gasteiger partial charge in [-0.1, -0.05) is 41.7 Å². The van der Waals surface area contributed by atoms with E-state index in [-0.39, 0.29) is 0 Å². The molecule has 0 fully saturated rings. The number of aromatic nitrogens is 2. The molecule has 0 N–H and O–H groups in total. The summed E-state index contributed by atoms with van der Waals surface area (Å²) in [4.78, 5) is 9.86. The monoisotopic (exact) mass is 382 g/mol. The van der Waals surface area contributed by atoms with Gasteiger partial charge in [0.05, 0.1) is 13.2 Å². The highest BCUT2D eigenvalue weighted by atomic mass is 127. The first-order valence-electron chi connectivity index (χ1n) is 5.84. The lowest BCUT2D eigenvalue weighted by Gasteiger charge is -2.01. The van der Waals surface area contributed by atoms with Crippen LogP contribution in [0.3, 0.4) is 0 Å². The van der Waals surface area contributed by atoms with Crippen LogP contribution >= 0.6 is 33.9 Å². The van der Waals surface area contributed by atoms with Crippen molar-refractivity contribution < 1.29 is 4.74 Å². The average Bonchev–Trinajstić information content (AvgIpc) is 2.82. The lowest BCUT2D eigenvalue weighted by Crippen LogP contribution is -1.93. The van der Waals surface area contributed by atoms with Gasteiger partial charge in [0.2, 0.25) is 0 Å². The number of benzene rings is 1. The van der Waals surface area contributed by atoms with Crippen LogP contribution in [-0.4, -0.2) is 9.97 Å². The molecule has 3 nitrogen and oxygen atoms in total. The first-order valence-corrected chi connectivity index (χ1v) is 7.73. The molecule has 0 bridgehead atoms. The second kappa shape index (κ2) is 5.94. The normalized spacial score (nSPS) is 11.0. The van der Waals surface area contributed by atoms with Crippen LogP contribution in [0.1, 0.15) is 10.6 Å². The van der Waals surface area contributed by atoms with Gasteiger partial charge in [0.1, 0.15) is 15.4 Å². The fourth-order valence-electron chi connectivity index (χ4n) is 1.74. The minimum Gasteiger partial charge on any atom is -0.370 e. The summed E-state index contributed by atoms with van der Waals surface area (Å²) in [6.45, 7) is 1.15. The SMILES string of the molecule is Ic1cnc2sc(COCc3ccccc3)nc2c1. The van der Waals surface area contributed by atoms with E-state index in [9.17, 15) is 0 Å². The van der Waals surface area contributed by atoms with Crippen LogP contribution in [0, 0.1) is 3.57 Å². The number of thiazole rings is 1. The van der Waals surface area contributed by atoms with Gasteiger partial charge in [-0.15, -0.1) is 0 Å². The van der Waals surface area contributed by atoms with Crippen molar-refractivity contribution in [3.8, 4) is 0 Å². The second-order valence-electron chi connectivity index (χ2n) is 4.06. The Hall–Kier alpha value is -1.05. The maximum Gasteiger partial charge on any atom is 0.143 e. The van der Waals surface area contributed by atoms with Crippen LogP contribution in [0.4, 0.5) is 0 Å². The van der Waals surface area contributed by atoms with Gasteiger partial charge in [0.25, 0.3) is 0 Å². The van der Waals surface area contributed by atoms with E-state index in [0.29, 0.717) is 13.2 Å². The second-order valence-corrected chi connectivity index (χ2v) is 6.37. The fraction of sp³-hybridized carbons (Fsp3) is 0.143. The Morgan fingerprint density at radius 1 is 1.16 bits per heavy atom. The molecule has 3 aromatic rings. The van der Waals surface area contributed by atoms with E-state index in [1.807, 2.05) is 30.5 Å². The van der Waals surface area contributed by atoms with Gasteiger partial charge in [-0.3, -0.25) is 0 Å². The number of fused-ring (bicyclic) bond motifs is 1. The molecule has 96 valence electrons. The molecule has 0 atom stereocenters. The first kappa shape index (κ1) is 13.0. The number of hydrogen-bond acceptors (Lipinski definition) is 4. The molecule has 0 radical (unpaired) electrons. The molecular weight excluding hydrogens is 371 g/mol. The van der Waals surface area contributed by atoms with Crippen molar-refractivity contribution in [1.82, 2.24) is 9.97 Å². The highest BCUT2D eigenvalue weighted by molar-refractivity contribution is 14.1. The van der Waals surface area contributed by atoms with Crippen LogP contribution in [0.25, 0.3) is 10.3 Å². The number of halogens is 1. The first-order chi connectivity index (χ1) is 9.31. The van der Waals surface area contributed by atoms with Crippen LogP contribution in [-0.2, 0) is 18.0 Å². The van der Waals surface area contributed by atoms with Crippen molar-refractivity contribution in [3.05, 3.63) is 56.7 Å². The summed E-state index contributed by atoms with van der Waals surface area (Å²) in [7, 11) is 0. The van der Waals surface area contributed by atoms with E-state index in [2.05, 4.69) is 44.7 Å². The Morgan fingerprint density at radius 2 is 2.00 bits per heavy atom. The van der Waals surface area contributed by atoms with E-state index < -0.39 is 0 Å². The Labute approximate surface area is 128 Å². The van der Waals surface area contributed by atoms with Crippen molar-refractivity contribution >= 4 is 44.3 Å². The quantitative estimate of drug-likeness (QED) is 0.640. The minimum absolute atomic E-state index is 0.534. The predicted molar refractivity (Wildman–Crippen MR) is 85.1 cm³/mol. The van der Waals surface area contributed by atoms with Crippen molar-refractivity contribution in [2.45, 2.75) is 13.2 Å². The van der Waals surface area contributed by atoms with Crippen molar-refractivity contribution in [2.75, 3.05) is 0 Å². The summed E-state index contributed by atoms with van der Waals surface area (Å²) in [6.07, 6.45) is 1.86. The molecule has 5 heteroatoms. The highest BCUT2D eigenvalue weighted by Gasteiger charge is 2.05. The third-order valence-corrected chi connectivity index (χ3v) is 4.14. The molecule has 0 aliphatic heterocycles. The maximum atomic E-state index is 5.68. The lowest BCUT2D eigenvalue weighted by atomic mass is 10.2. The Morgan fingerprint density at radius 3 is 2.84 bits per heavy atom. The van der Waals surface area contributed by atoms with Crippen molar-refractivity contribution in [2.24, 2.45) is 0 Å². The molecule has 0 aliphatic rings. The molecular formula is C14H11IN2OS. The zero-order valence-electron chi connectivity index (χ0n) is 10.0. The number of pyridine rings is 1. The van der Waals surface area contributed by atoms with E-state index >= 15 is 0 Å². The average molecular weight is 382 g/mol. The smallest absolute Gasteiger partial charge is 0.143 e. The van der Waals surface area contributed by atoms with Crippen LogP contribution in [0.5, 0.6) is 0 Å². The Bertz CT molecular complexity index is 684. The summed E-state index contributed by atoms with van der Waals surface area (Å²) in [5.74, 6) is 0. The molecule has 0 saturated carbocycles. The Balaban J connectivity index is 1.65. The Kier molecular flexibility index (Phi) is 4.05. The topological polar surface area (TPSA) is 35.0 Å². The van der Waals surface area contributed by atoms with Crippen LogP contribution in [0.15, 0.2) is 42.6 Å². The van der Waals surface area contributed by atoms with Gasteiger partial charge in [-0.2, -0.15) is 0 Å². The molecule has 0 unspecified atom stereocenters. The van der Waals surface area contributed by atoms with Crippen molar-refractivity contribution in [1.29, 1.82) is 0 Å². The molecule has 19 heavy (non-hydrogen) atoms. The molecule has 2 aromatic heterocycles. The van der Waals surface area contributed by atoms with Crippen LogP contribution < -0.4 is 0 Å². The highest BCUT2D eigenvalue weighted by Crippen LogP contribution is 2.22. The van der Waals surface area contributed by atoms with Crippen molar-refractivity contribution in [3.63, 3.8) is 0 Å². The van der Waals surface area contributed by atoms with Gasteiger partial charge in [0.15, 0.2) is 0 Å². The number of nitrogens with zero attached hydrogens (tertiary/aromatic N) is 2. The maximum absolute atomic E-state index is 5.68. The molecule has 0 spiro atoms. The summed E-state index contributed by atoms with van der Waals surface area (Å²) in [6, 6.07) is 12.2. The molecule has 0 aliphatic carbocycles. The number of ether oxygens (including phenoxy) is 1. The van der Waals surface area contributed by atoms with Gasteiger partial charge in [-0.05, 0) is 34.2 Å². The van der Waals surface area contributed by atoms with E-state index in [1.54, 1.807) is 11.3 Å². The van der Waals surface area contributed by atoms with E-state index in [4.69, 9.17) is 4.74 Å². The standard InChI is InChI=1S/C14H11IN2OS/c15-11-6-12-14(16-7-11)19-13(17-12)9-18-8-10-4-2-1-3-5-10/h1-7H,8-9H2. The number of hydrogen-bond donors (Lipinski definition) is 0. The number of rotatable bonds is 4. The summed E-state index contributed by atoms with van der Waals surface area (Å²) in [5, 5.41) is 0.973. The summed E-state index contributed by atoms with van der Waals surface area (Å²) < 4.78 is 6.79. The molecule has 0 saturated heterocycles. The zero-order chi connectivity index (χ0) is 13.1. The van der Waals surface area contributed by atoms with Gasteiger partial charge >= 0.3 is 0 Å². The van der Waals surface area contributed by atoms with Crippen LogP contribution in [0.2, 0.25) is 0 Å². The third kappa shape index (κ3) is 3.29. The summed E-state index contributed by atoms with van der Waals surface area (Å²) >= 11 is 3.84. The molecule has 3 rings (SSSR count). The fourth-order valence-corrected chi connectivity index (χ4v) is 2.99.